The van der Waals surface area contributed by atoms with E-state index >= 15 is 0 Å². The van der Waals surface area contributed by atoms with Crippen LogP contribution in [0.1, 0.15) is 5.56 Å². The number of rotatable bonds is 0. The molecule has 2 heterocycles. The molecule has 76 valence electrons. The number of para-hydroxylation sites is 1. The SMILES string of the molecule is O=C1NCC2=C1Oc1c(Cl)cccc1C2. The van der Waals surface area contributed by atoms with Crippen LogP contribution in [-0.4, -0.2) is 12.5 Å². The minimum Gasteiger partial charge on any atom is -0.450 e. The van der Waals surface area contributed by atoms with E-state index in [1.165, 1.54) is 0 Å². The maximum Gasteiger partial charge on any atom is 0.287 e. The zero-order valence-corrected chi connectivity index (χ0v) is 8.60. The van der Waals surface area contributed by atoms with Gasteiger partial charge in [-0.3, -0.25) is 4.79 Å². The molecule has 3 rings (SSSR count). The van der Waals surface area contributed by atoms with Crippen LogP contribution in [0.4, 0.5) is 0 Å². The molecule has 2 aliphatic rings. The topological polar surface area (TPSA) is 38.3 Å². The van der Waals surface area contributed by atoms with E-state index in [0.717, 1.165) is 17.6 Å². The number of hydrogen-bond donors (Lipinski definition) is 1. The van der Waals surface area contributed by atoms with Crippen molar-refractivity contribution >= 4 is 17.5 Å². The first-order chi connectivity index (χ1) is 7.25. The molecule has 1 N–H and O–H groups in total. The summed E-state index contributed by atoms with van der Waals surface area (Å²) >= 11 is 6.00. The Morgan fingerprint density at radius 3 is 3.13 bits per heavy atom. The summed E-state index contributed by atoms with van der Waals surface area (Å²) in [6.45, 7) is 0.583. The number of halogens is 1. The Labute approximate surface area is 91.7 Å². The predicted octanol–water partition coefficient (Wildman–Crippen LogP) is 1.66. The largest absolute Gasteiger partial charge is 0.450 e. The number of nitrogens with one attached hydrogen (secondary N) is 1. The summed E-state index contributed by atoms with van der Waals surface area (Å²) in [4.78, 5) is 11.4. The molecule has 0 fully saturated rings. The van der Waals surface area contributed by atoms with Crippen molar-refractivity contribution in [1.82, 2.24) is 5.32 Å². The number of ether oxygens (including phenoxy) is 1. The lowest BCUT2D eigenvalue weighted by Crippen LogP contribution is -2.19. The highest BCUT2D eigenvalue weighted by Gasteiger charge is 2.30. The Hall–Kier alpha value is -1.48. The van der Waals surface area contributed by atoms with Gasteiger partial charge >= 0.3 is 0 Å². The molecule has 0 unspecified atom stereocenters. The number of carbonyl (C=O) groups excluding carboxylic acids is 1. The number of carbonyl (C=O) groups is 1. The molecule has 0 bridgehead atoms. The lowest BCUT2D eigenvalue weighted by molar-refractivity contribution is -0.118. The second-order valence-corrected chi connectivity index (χ2v) is 4.03. The van der Waals surface area contributed by atoms with E-state index in [0.29, 0.717) is 23.1 Å². The predicted molar refractivity (Wildman–Crippen MR) is 55.8 cm³/mol. The number of fused-ring (bicyclic) bond motifs is 1. The van der Waals surface area contributed by atoms with Crippen LogP contribution in [-0.2, 0) is 11.2 Å². The standard InChI is InChI=1S/C11H8ClNO2/c12-8-3-1-2-6-4-7-5-13-11(14)10(7)15-9(6)8/h1-3H,4-5H2,(H,13,14). The van der Waals surface area contributed by atoms with Crippen molar-refractivity contribution in [2.45, 2.75) is 6.42 Å². The average molecular weight is 222 g/mol. The van der Waals surface area contributed by atoms with Gasteiger partial charge in [-0.15, -0.1) is 0 Å². The molecule has 4 heteroatoms. The molecule has 15 heavy (non-hydrogen) atoms. The van der Waals surface area contributed by atoms with Gasteiger partial charge in [-0.2, -0.15) is 0 Å². The Morgan fingerprint density at radius 1 is 1.40 bits per heavy atom. The van der Waals surface area contributed by atoms with Crippen LogP contribution in [0.2, 0.25) is 5.02 Å². The summed E-state index contributed by atoms with van der Waals surface area (Å²) in [6.07, 6.45) is 0.740. The lowest BCUT2D eigenvalue weighted by atomic mass is 10.0. The molecule has 0 radical (unpaired) electrons. The highest BCUT2D eigenvalue weighted by atomic mass is 35.5. The van der Waals surface area contributed by atoms with E-state index in [1.807, 2.05) is 12.1 Å². The van der Waals surface area contributed by atoms with Crippen molar-refractivity contribution in [2.24, 2.45) is 0 Å². The summed E-state index contributed by atoms with van der Waals surface area (Å²) in [6, 6.07) is 5.62. The molecule has 1 aromatic carbocycles. The minimum atomic E-state index is -0.143. The van der Waals surface area contributed by atoms with Crippen molar-refractivity contribution < 1.29 is 9.53 Å². The van der Waals surface area contributed by atoms with Crippen LogP contribution in [0.25, 0.3) is 0 Å². The fraction of sp³-hybridized carbons (Fsp3) is 0.182. The van der Waals surface area contributed by atoms with E-state index < -0.39 is 0 Å². The molecule has 1 amide bonds. The van der Waals surface area contributed by atoms with Gasteiger partial charge in [0.2, 0.25) is 0 Å². The van der Waals surface area contributed by atoms with Gasteiger partial charge in [0.25, 0.3) is 5.91 Å². The van der Waals surface area contributed by atoms with Gasteiger partial charge in [0.05, 0.1) is 5.02 Å². The van der Waals surface area contributed by atoms with Gasteiger partial charge in [-0.1, -0.05) is 23.7 Å². The van der Waals surface area contributed by atoms with E-state index in [1.54, 1.807) is 6.07 Å². The summed E-state index contributed by atoms with van der Waals surface area (Å²) in [5.74, 6) is 0.904. The van der Waals surface area contributed by atoms with Crippen LogP contribution >= 0.6 is 11.6 Å². The first kappa shape index (κ1) is 8.80. The summed E-state index contributed by atoms with van der Waals surface area (Å²) < 4.78 is 5.53. The van der Waals surface area contributed by atoms with Crippen LogP contribution in [0.5, 0.6) is 5.75 Å². The summed E-state index contributed by atoms with van der Waals surface area (Å²) in [5.41, 5.74) is 2.05. The smallest absolute Gasteiger partial charge is 0.287 e. The number of hydrogen-bond acceptors (Lipinski definition) is 2. The van der Waals surface area contributed by atoms with Gasteiger partial charge in [-0.25, -0.2) is 0 Å². The average Bonchev–Trinajstić information content (AvgIpc) is 2.59. The molecule has 0 aromatic heterocycles. The van der Waals surface area contributed by atoms with Gasteiger partial charge < -0.3 is 10.1 Å². The highest BCUT2D eigenvalue weighted by Crippen LogP contribution is 2.37. The number of benzene rings is 1. The second kappa shape index (κ2) is 3.00. The molecule has 2 aliphatic heterocycles. The van der Waals surface area contributed by atoms with E-state index in [2.05, 4.69) is 5.32 Å². The van der Waals surface area contributed by atoms with Crippen molar-refractivity contribution in [3.8, 4) is 5.75 Å². The quantitative estimate of drug-likeness (QED) is 0.724. The van der Waals surface area contributed by atoms with E-state index in [9.17, 15) is 4.79 Å². The molecule has 0 saturated heterocycles. The monoisotopic (exact) mass is 221 g/mol. The molecule has 0 saturated carbocycles. The molecule has 0 aliphatic carbocycles. The molecular formula is C11H8ClNO2. The normalized spacial score (nSPS) is 18.1. The van der Waals surface area contributed by atoms with E-state index in [4.69, 9.17) is 16.3 Å². The minimum absolute atomic E-state index is 0.143. The van der Waals surface area contributed by atoms with Gasteiger partial charge in [0, 0.05) is 24.1 Å². The highest BCUT2D eigenvalue weighted by molar-refractivity contribution is 6.32. The van der Waals surface area contributed by atoms with Gasteiger partial charge in [-0.05, 0) is 6.07 Å². The van der Waals surface area contributed by atoms with Crippen LogP contribution in [0.3, 0.4) is 0 Å². The fourth-order valence-electron chi connectivity index (χ4n) is 1.91. The van der Waals surface area contributed by atoms with Crippen LogP contribution < -0.4 is 10.1 Å². The molecule has 0 spiro atoms. The van der Waals surface area contributed by atoms with Gasteiger partial charge in [0.15, 0.2) is 5.76 Å². The van der Waals surface area contributed by atoms with Crippen molar-refractivity contribution in [3.63, 3.8) is 0 Å². The zero-order valence-electron chi connectivity index (χ0n) is 7.84. The van der Waals surface area contributed by atoms with Crippen molar-refractivity contribution in [2.75, 3.05) is 6.54 Å². The Morgan fingerprint density at radius 2 is 2.27 bits per heavy atom. The second-order valence-electron chi connectivity index (χ2n) is 3.62. The van der Waals surface area contributed by atoms with Crippen molar-refractivity contribution in [1.29, 1.82) is 0 Å². The molecule has 3 nitrogen and oxygen atoms in total. The summed E-state index contributed by atoms with van der Waals surface area (Å²) in [7, 11) is 0. The van der Waals surface area contributed by atoms with E-state index in [-0.39, 0.29) is 5.91 Å². The number of amides is 1. The fourth-order valence-corrected chi connectivity index (χ4v) is 2.14. The summed E-state index contributed by atoms with van der Waals surface area (Å²) in [5, 5.41) is 3.29. The Bertz CT molecular complexity index is 493. The Balaban J connectivity index is 2.10. The maximum atomic E-state index is 11.4. The lowest BCUT2D eigenvalue weighted by Gasteiger charge is -2.18. The first-order valence-corrected chi connectivity index (χ1v) is 5.09. The third kappa shape index (κ3) is 1.23. The molecule has 0 atom stereocenters. The van der Waals surface area contributed by atoms with Crippen LogP contribution in [0.15, 0.2) is 29.5 Å². The first-order valence-electron chi connectivity index (χ1n) is 4.71. The molecule has 1 aromatic rings. The third-order valence-corrected chi connectivity index (χ3v) is 2.94. The van der Waals surface area contributed by atoms with Crippen LogP contribution in [0, 0.1) is 0 Å². The Kier molecular flexibility index (Phi) is 1.76. The third-order valence-electron chi connectivity index (χ3n) is 2.65. The van der Waals surface area contributed by atoms with Crippen molar-refractivity contribution in [3.05, 3.63) is 40.1 Å². The van der Waals surface area contributed by atoms with Gasteiger partial charge in [0.1, 0.15) is 5.75 Å². The maximum absolute atomic E-state index is 11.4. The molecular weight excluding hydrogens is 214 g/mol. The zero-order chi connectivity index (χ0) is 10.4.